The van der Waals surface area contributed by atoms with E-state index < -0.39 is 0 Å². The molecule has 0 aromatic carbocycles. The summed E-state index contributed by atoms with van der Waals surface area (Å²) in [4.78, 5) is 0. The van der Waals surface area contributed by atoms with Crippen molar-refractivity contribution in [1.82, 2.24) is 5.32 Å². The van der Waals surface area contributed by atoms with Crippen molar-refractivity contribution >= 4 is 0 Å². The highest BCUT2D eigenvalue weighted by Crippen LogP contribution is 2.39. The fourth-order valence-corrected chi connectivity index (χ4v) is 3.44. The normalized spacial score (nSPS) is 18.1. The van der Waals surface area contributed by atoms with Gasteiger partial charge in [0.25, 0.3) is 0 Å². The Hall–Kier alpha value is -0.300. The van der Waals surface area contributed by atoms with Gasteiger partial charge in [0, 0.05) is 13.1 Å². The van der Waals surface area contributed by atoms with Crippen molar-refractivity contribution in [2.75, 3.05) is 13.1 Å². The van der Waals surface area contributed by atoms with E-state index in [2.05, 4.69) is 32.2 Å². The number of rotatable bonds is 12. The van der Waals surface area contributed by atoms with Crippen LogP contribution in [-0.4, -0.2) is 13.1 Å². The molecule has 1 nitrogen and oxygen atoms in total. The van der Waals surface area contributed by atoms with Crippen LogP contribution in [0.3, 0.4) is 0 Å². The van der Waals surface area contributed by atoms with Crippen molar-refractivity contribution in [3.63, 3.8) is 0 Å². The van der Waals surface area contributed by atoms with E-state index in [0.29, 0.717) is 5.41 Å². The van der Waals surface area contributed by atoms with Crippen LogP contribution in [0.4, 0.5) is 0 Å². The van der Waals surface area contributed by atoms with Gasteiger partial charge in [-0.15, -0.1) is 0 Å². The van der Waals surface area contributed by atoms with Crippen molar-refractivity contribution < 1.29 is 0 Å². The van der Waals surface area contributed by atoms with Crippen molar-refractivity contribution in [3.05, 3.63) is 11.6 Å². The van der Waals surface area contributed by atoms with Crippen LogP contribution < -0.4 is 5.32 Å². The van der Waals surface area contributed by atoms with Crippen LogP contribution in [-0.2, 0) is 0 Å². The fourth-order valence-electron chi connectivity index (χ4n) is 3.44. The van der Waals surface area contributed by atoms with Gasteiger partial charge in [-0.25, -0.2) is 0 Å². The number of nitrogens with one attached hydrogen (secondary N) is 1. The molecule has 0 saturated heterocycles. The zero-order valence-corrected chi connectivity index (χ0v) is 14.3. The van der Waals surface area contributed by atoms with E-state index in [4.69, 9.17) is 0 Å². The molecule has 0 aliphatic carbocycles. The lowest BCUT2D eigenvalue weighted by Gasteiger charge is -2.32. The summed E-state index contributed by atoms with van der Waals surface area (Å²) >= 11 is 0. The maximum absolute atomic E-state index is 3.50. The zero-order valence-electron chi connectivity index (χ0n) is 14.3. The number of unbranched alkanes of at least 4 members (excludes halogenated alkanes) is 7. The lowest BCUT2D eigenvalue weighted by Crippen LogP contribution is -2.23. The summed E-state index contributed by atoms with van der Waals surface area (Å²) in [5.41, 5.74) is 2.17. The van der Waals surface area contributed by atoms with Gasteiger partial charge in [-0.2, -0.15) is 0 Å². The molecule has 0 aromatic rings. The van der Waals surface area contributed by atoms with Crippen LogP contribution in [0.2, 0.25) is 0 Å². The van der Waals surface area contributed by atoms with Gasteiger partial charge < -0.3 is 5.32 Å². The average Bonchev–Trinajstić information content (AvgIpc) is 2.98. The second-order valence-electron chi connectivity index (χ2n) is 6.90. The van der Waals surface area contributed by atoms with E-state index in [9.17, 15) is 0 Å². The quantitative estimate of drug-likeness (QED) is 0.349. The van der Waals surface area contributed by atoms with E-state index in [0.717, 1.165) is 13.1 Å². The summed E-state index contributed by atoms with van der Waals surface area (Å²) < 4.78 is 0. The van der Waals surface area contributed by atoms with Crippen LogP contribution in [0.25, 0.3) is 0 Å². The van der Waals surface area contributed by atoms with Crippen LogP contribution in [0, 0.1) is 5.41 Å². The third kappa shape index (κ3) is 6.43. The fraction of sp³-hybridized carbons (Fsp3) is 0.895. The lowest BCUT2D eigenvalue weighted by atomic mass is 9.74. The third-order valence-corrected chi connectivity index (χ3v) is 5.00. The molecule has 118 valence electrons. The van der Waals surface area contributed by atoms with Crippen LogP contribution in [0.5, 0.6) is 0 Å². The minimum atomic E-state index is 0.476. The molecule has 0 bridgehead atoms. The zero-order chi connectivity index (χ0) is 14.7. The molecule has 0 saturated carbocycles. The largest absolute Gasteiger partial charge is 0.310 e. The molecule has 20 heavy (non-hydrogen) atoms. The standard InChI is InChI=1S/C19H37N/c1-4-6-8-10-12-15-19(3,14-11-9-7-5-2)18-13-16-20-17-18/h13,20H,4-12,14-17H2,1-3H3. The molecule has 1 heteroatoms. The molecule has 0 fully saturated rings. The molecule has 1 atom stereocenters. The van der Waals surface area contributed by atoms with Crippen molar-refractivity contribution in [1.29, 1.82) is 0 Å². The summed E-state index contributed by atoms with van der Waals surface area (Å²) in [6.07, 6.45) is 17.9. The Bertz CT molecular complexity index is 269. The van der Waals surface area contributed by atoms with Gasteiger partial charge in [0.05, 0.1) is 0 Å². The predicted octanol–water partition coefficient (Wildman–Crippen LogP) is 5.85. The van der Waals surface area contributed by atoms with Gasteiger partial charge in [0.2, 0.25) is 0 Å². The summed E-state index contributed by atoms with van der Waals surface area (Å²) in [6.45, 7) is 9.36. The number of hydrogen-bond donors (Lipinski definition) is 1. The molecule has 0 aromatic heterocycles. The van der Waals surface area contributed by atoms with Crippen LogP contribution >= 0.6 is 0 Å². The Morgan fingerprint density at radius 2 is 1.45 bits per heavy atom. The van der Waals surface area contributed by atoms with Crippen LogP contribution in [0.15, 0.2) is 11.6 Å². The molecular formula is C19H37N. The average molecular weight is 280 g/mol. The minimum Gasteiger partial charge on any atom is -0.310 e. The highest BCUT2D eigenvalue weighted by molar-refractivity contribution is 5.19. The molecule has 1 heterocycles. The molecule has 1 unspecified atom stereocenters. The molecule has 0 spiro atoms. The Labute approximate surface area is 127 Å². The highest BCUT2D eigenvalue weighted by Gasteiger charge is 2.28. The SMILES string of the molecule is CCCCCCCC(C)(CCCCCC)C1=CCNC1. The van der Waals surface area contributed by atoms with Gasteiger partial charge in [-0.05, 0) is 18.3 Å². The maximum atomic E-state index is 3.50. The smallest absolute Gasteiger partial charge is 0.0173 e. The predicted molar refractivity (Wildman–Crippen MR) is 91.2 cm³/mol. The summed E-state index contributed by atoms with van der Waals surface area (Å²) in [7, 11) is 0. The van der Waals surface area contributed by atoms with Gasteiger partial charge in [-0.3, -0.25) is 0 Å². The van der Waals surface area contributed by atoms with E-state index in [1.807, 2.05) is 0 Å². The third-order valence-electron chi connectivity index (χ3n) is 5.00. The van der Waals surface area contributed by atoms with E-state index in [-0.39, 0.29) is 0 Å². The summed E-state index contributed by atoms with van der Waals surface area (Å²) in [6, 6.07) is 0. The first-order valence-electron chi connectivity index (χ1n) is 9.13. The summed E-state index contributed by atoms with van der Waals surface area (Å²) in [5.74, 6) is 0. The maximum Gasteiger partial charge on any atom is 0.0173 e. The molecular weight excluding hydrogens is 242 g/mol. The molecule has 0 amide bonds. The number of hydrogen-bond acceptors (Lipinski definition) is 1. The molecule has 0 radical (unpaired) electrons. The summed E-state index contributed by atoms with van der Waals surface area (Å²) in [5, 5.41) is 3.50. The molecule has 1 N–H and O–H groups in total. The Morgan fingerprint density at radius 3 is 1.95 bits per heavy atom. The Kier molecular flexibility index (Phi) is 9.26. The topological polar surface area (TPSA) is 12.0 Å². The van der Waals surface area contributed by atoms with Crippen molar-refractivity contribution in [2.45, 2.75) is 91.4 Å². The van der Waals surface area contributed by atoms with E-state index in [1.54, 1.807) is 5.57 Å². The van der Waals surface area contributed by atoms with Crippen molar-refractivity contribution in [3.8, 4) is 0 Å². The van der Waals surface area contributed by atoms with Gasteiger partial charge in [0.1, 0.15) is 0 Å². The molecule has 1 aliphatic rings. The van der Waals surface area contributed by atoms with Gasteiger partial charge in [0.15, 0.2) is 0 Å². The van der Waals surface area contributed by atoms with E-state index in [1.165, 1.54) is 70.6 Å². The monoisotopic (exact) mass is 279 g/mol. The van der Waals surface area contributed by atoms with E-state index >= 15 is 0 Å². The second-order valence-corrected chi connectivity index (χ2v) is 6.90. The molecule has 1 rings (SSSR count). The Morgan fingerprint density at radius 1 is 0.900 bits per heavy atom. The van der Waals surface area contributed by atoms with Gasteiger partial charge in [-0.1, -0.05) is 90.2 Å². The second kappa shape index (κ2) is 10.4. The van der Waals surface area contributed by atoms with Crippen molar-refractivity contribution in [2.24, 2.45) is 5.41 Å². The first-order chi connectivity index (χ1) is 9.73. The van der Waals surface area contributed by atoms with Gasteiger partial charge >= 0.3 is 0 Å². The van der Waals surface area contributed by atoms with Crippen LogP contribution in [0.1, 0.15) is 91.4 Å². The minimum absolute atomic E-state index is 0.476. The Balaban J connectivity index is 2.37. The first-order valence-corrected chi connectivity index (χ1v) is 9.13. The molecule has 1 aliphatic heterocycles. The lowest BCUT2D eigenvalue weighted by molar-refractivity contribution is 0.304. The highest BCUT2D eigenvalue weighted by atomic mass is 14.9. The first kappa shape index (κ1) is 17.8.